The van der Waals surface area contributed by atoms with Crippen LogP contribution in [0.5, 0.6) is 0 Å². The third-order valence-corrected chi connectivity index (χ3v) is 5.05. The van der Waals surface area contributed by atoms with Gasteiger partial charge in [-0.2, -0.15) is 0 Å². The highest BCUT2D eigenvalue weighted by molar-refractivity contribution is 5.87. The molecule has 0 aromatic heterocycles. The number of rotatable bonds is 9. The van der Waals surface area contributed by atoms with Crippen molar-refractivity contribution < 1.29 is 4.79 Å². The van der Waals surface area contributed by atoms with Crippen LogP contribution in [-0.2, 0) is 4.79 Å². The van der Waals surface area contributed by atoms with Gasteiger partial charge in [0.25, 0.3) is 0 Å². The zero-order chi connectivity index (χ0) is 16.5. The number of hydrogen-bond acceptors (Lipinski definition) is 1. The van der Waals surface area contributed by atoms with Gasteiger partial charge in [0, 0.05) is 0 Å². The molecular formula is C22H30O. The van der Waals surface area contributed by atoms with Crippen LogP contribution in [0.15, 0.2) is 48.6 Å². The van der Waals surface area contributed by atoms with Crippen molar-refractivity contribution in [2.75, 3.05) is 0 Å². The first kappa shape index (κ1) is 17.7. The standard InChI is InChI=1S/C22H30O/c1-3-4-5-6-7-11-16-22(19(2)23)17-14-21(15-18-22)20-12-9-8-10-13-20/h8-10,12-15,17H,3-7,11,16,18H2,1-2H3. The smallest absolute Gasteiger partial charge is 0.140 e. The first-order valence-electron chi connectivity index (χ1n) is 9.14. The summed E-state index contributed by atoms with van der Waals surface area (Å²) >= 11 is 0. The van der Waals surface area contributed by atoms with E-state index in [-0.39, 0.29) is 5.41 Å². The summed E-state index contributed by atoms with van der Waals surface area (Å²) in [5.41, 5.74) is 2.22. The monoisotopic (exact) mass is 310 g/mol. The summed E-state index contributed by atoms with van der Waals surface area (Å²) in [6.07, 6.45) is 16.1. The summed E-state index contributed by atoms with van der Waals surface area (Å²) in [7, 11) is 0. The van der Waals surface area contributed by atoms with E-state index >= 15 is 0 Å². The number of carbonyl (C=O) groups excluding carboxylic acids is 1. The summed E-state index contributed by atoms with van der Waals surface area (Å²) in [6.45, 7) is 4.00. The Morgan fingerprint density at radius 3 is 2.35 bits per heavy atom. The number of Topliss-reactive ketones (excluding diaryl/α,β-unsaturated/α-hetero) is 1. The van der Waals surface area contributed by atoms with Gasteiger partial charge in [-0.3, -0.25) is 4.79 Å². The Balaban J connectivity index is 1.92. The number of unbranched alkanes of at least 4 members (excludes halogenated alkanes) is 5. The first-order valence-corrected chi connectivity index (χ1v) is 9.14. The Labute approximate surface area is 141 Å². The van der Waals surface area contributed by atoms with Crippen molar-refractivity contribution in [1.82, 2.24) is 0 Å². The normalized spacial score (nSPS) is 20.3. The average Bonchev–Trinajstić information content (AvgIpc) is 2.59. The van der Waals surface area contributed by atoms with Crippen LogP contribution < -0.4 is 0 Å². The maximum absolute atomic E-state index is 12.2. The highest BCUT2D eigenvalue weighted by atomic mass is 16.1. The molecule has 1 unspecified atom stereocenters. The van der Waals surface area contributed by atoms with Crippen LogP contribution in [0.2, 0.25) is 0 Å². The molecule has 1 aliphatic carbocycles. The Bertz CT molecular complexity index is 553. The van der Waals surface area contributed by atoms with Crippen molar-refractivity contribution in [2.24, 2.45) is 5.41 Å². The molecule has 1 nitrogen and oxygen atoms in total. The highest BCUT2D eigenvalue weighted by Crippen LogP contribution is 2.38. The quantitative estimate of drug-likeness (QED) is 0.485. The maximum Gasteiger partial charge on any atom is 0.140 e. The van der Waals surface area contributed by atoms with E-state index in [9.17, 15) is 4.79 Å². The molecule has 0 fully saturated rings. The zero-order valence-corrected chi connectivity index (χ0v) is 14.7. The van der Waals surface area contributed by atoms with E-state index in [0.29, 0.717) is 5.78 Å². The molecule has 0 saturated carbocycles. The zero-order valence-electron chi connectivity index (χ0n) is 14.7. The Morgan fingerprint density at radius 2 is 1.74 bits per heavy atom. The maximum atomic E-state index is 12.2. The minimum atomic E-state index is -0.261. The van der Waals surface area contributed by atoms with Crippen molar-refractivity contribution in [3.8, 4) is 0 Å². The second-order valence-electron chi connectivity index (χ2n) is 6.79. The van der Waals surface area contributed by atoms with Gasteiger partial charge in [0.2, 0.25) is 0 Å². The Hall–Kier alpha value is -1.63. The molecule has 0 bridgehead atoms. The number of benzene rings is 1. The summed E-state index contributed by atoms with van der Waals surface area (Å²) in [5.74, 6) is 0.311. The molecule has 0 amide bonds. The lowest BCUT2D eigenvalue weighted by Crippen LogP contribution is -2.27. The van der Waals surface area contributed by atoms with Gasteiger partial charge in [0.05, 0.1) is 5.41 Å². The molecule has 1 heteroatoms. The predicted molar refractivity (Wildman–Crippen MR) is 99.3 cm³/mol. The van der Waals surface area contributed by atoms with Crippen LogP contribution in [0.4, 0.5) is 0 Å². The number of carbonyl (C=O) groups is 1. The molecule has 124 valence electrons. The summed E-state index contributed by atoms with van der Waals surface area (Å²) in [6, 6.07) is 10.4. The molecule has 0 saturated heterocycles. The largest absolute Gasteiger partial charge is 0.299 e. The van der Waals surface area contributed by atoms with Crippen molar-refractivity contribution in [3.05, 3.63) is 54.1 Å². The molecule has 0 radical (unpaired) electrons. The average molecular weight is 310 g/mol. The van der Waals surface area contributed by atoms with Crippen molar-refractivity contribution >= 4 is 11.4 Å². The van der Waals surface area contributed by atoms with Crippen LogP contribution in [0.1, 0.15) is 70.8 Å². The minimum absolute atomic E-state index is 0.261. The van der Waals surface area contributed by atoms with Crippen LogP contribution in [0.25, 0.3) is 5.57 Å². The molecule has 23 heavy (non-hydrogen) atoms. The molecule has 0 aliphatic heterocycles. The van der Waals surface area contributed by atoms with Crippen LogP contribution in [0.3, 0.4) is 0 Å². The van der Waals surface area contributed by atoms with E-state index in [1.165, 1.54) is 43.2 Å². The molecule has 0 heterocycles. The van der Waals surface area contributed by atoms with E-state index in [0.717, 1.165) is 19.3 Å². The molecule has 0 N–H and O–H groups in total. The molecule has 1 aromatic carbocycles. The van der Waals surface area contributed by atoms with Gasteiger partial charge in [-0.05, 0) is 30.9 Å². The van der Waals surface area contributed by atoms with E-state index in [4.69, 9.17) is 0 Å². The number of ketones is 1. The van der Waals surface area contributed by atoms with Crippen molar-refractivity contribution in [1.29, 1.82) is 0 Å². The van der Waals surface area contributed by atoms with E-state index in [2.05, 4.69) is 49.4 Å². The number of allylic oxidation sites excluding steroid dienone is 4. The molecular weight excluding hydrogens is 280 g/mol. The third-order valence-electron chi connectivity index (χ3n) is 5.05. The van der Waals surface area contributed by atoms with Crippen LogP contribution in [0, 0.1) is 5.41 Å². The van der Waals surface area contributed by atoms with Gasteiger partial charge in [-0.25, -0.2) is 0 Å². The molecule has 1 aromatic rings. The van der Waals surface area contributed by atoms with Crippen molar-refractivity contribution in [2.45, 2.75) is 65.2 Å². The molecule has 1 atom stereocenters. The fourth-order valence-corrected chi connectivity index (χ4v) is 3.37. The molecule has 0 spiro atoms. The van der Waals surface area contributed by atoms with Gasteiger partial charge >= 0.3 is 0 Å². The minimum Gasteiger partial charge on any atom is -0.299 e. The summed E-state index contributed by atoms with van der Waals surface area (Å²) in [4.78, 5) is 12.2. The fourth-order valence-electron chi connectivity index (χ4n) is 3.37. The summed E-state index contributed by atoms with van der Waals surface area (Å²) < 4.78 is 0. The Morgan fingerprint density at radius 1 is 1.04 bits per heavy atom. The lowest BCUT2D eigenvalue weighted by Gasteiger charge is -2.30. The van der Waals surface area contributed by atoms with Crippen LogP contribution >= 0.6 is 0 Å². The topological polar surface area (TPSA) is 17.1 Å². The number of hydrogen-bond donors (Lipinski definition) is 0. The predicted octanol–water partition coefficient (Wildman–Crippen LogP) is 6.36. The van der Waals surface area contributed by atoms with Crippen LogP contribution in [-0.4, -0.2) is 5.78 Å². The van der Waals surface area contributed by atoms with Gasteiger partial charge in [-0.1, -0.05) is 94.0 Å². The molecule has 1 aliphatic rings. The Kier molecular flexibility index (Phi) is 6.83. The van der Waals surface area contributed by atoms with E-state index < -0.39 is 0 Å². The SMILES string of the molecule is CCCCCCCCC1(C(C)=O)C=CC(c2ccccc2)=CC1. The second kappa shape index (κ2) is 8.86. The molecule has 2 rings (SSSR count). The van der Waals surface area contributed by atoms with Crippen molar-refractivity contribution in [3.63, 3.8) is 0 Å². The fraction of sp³-hybridized carbons (Fsp3) is 0.500. The lowest BCUT2D eigenvalue weighted by molar-refractivity contribution is -0.124. The summed E-state index contributed by atoms with van der Waals surface area (Å²) in [5, 5.41) is 0. The lowest BCUT2D eigenvalue weighted by atomic mass is 9.72. The van der Waals surface area contributed by atoms with E-state index in [1.54, 1.807) is 6.92 Å². The van der Waals surface area contributed by atoms with Gasteiger partial charge < -0.3 is 0 Å². The first-order chi connectivity index (χ1) is 11.2. The second-order valence-corrected chi connectivity index (χ2v) is 6.79. The third kappa shape index (κ3) is 4.92. The van der Waals surface area contributed by atoms with E-state index in [1.807, 2.05) is 6.07 Å². The van der Waals surface area contributed by atoms with Gasteiger partial charge in [0.1, 0.15) is 5.78 Å². The van der Waals surface area contributed by atoms with Gasteiger partial charge in [-0.15, -0.1) is 0 Å². The van der Waals surface area contributed by atoms with Gasteiger partial charge in [0.15, 0.2) is 0 Å². The highest BCUT2D eigenvalue weighted by Gasteiger charge is 2.32.